The number of phenolic OH excluding ortho intramolecular Hbond substituents is 1. The first-order chi connectivity index (χ1) is 9.61. The lowest BCUT2D eigenvalue weighted by Crippen LogP contribution is -2.44. The summed E-state index contributed by atoms with van der Waals surface area (Å²) in [7, 11) is 1.20. The topological polar surface area (TPSA) is 61.8 Å². The maximum Gasteiger partial charge on any atom is 0.341 e. The zero-order valence-corrected chi connectivity index (χ0v) is 11.5. The van der Waals surface area contributed by atoms with Gasteiger partial charge in [0.2, 0.25) is 0 Å². The summed E-state index contributed by atoms with van der Waals surface area (Å²) in [6.07, 6.45) is 0.626. The number of benzene rings is 1. The van der Waals surface area contributed by atoms with Gasteiger partial charge in [-0.3, -0.25) is 0 Å². The molecule has 1 saturated heterocycles. The van der Waals surface area contributed by atoms with Crippen molar-refractivity contribution in [2.75, 3.05) is 39.8 Å². The number of hydrogen-bond acceptors (Lipinski definition) is 5. The Labute approximate surface area is 117 Å². The summed E-state index contributed by atoms with van der Waals surface area (Å²) >= 11 is 0. The SMILES string of the molecule is COC(=O)c1cc(CCN2CCNCC2)cc(F)c1O. The molecule has 110 valence electrons. The van der Waals surface area contributed by atoms with E-state index in [1.165, 1.54) is 19.2 Å². The number of halogens is 1. The quantitative estimate of drug-likeness (QED) is 0.799. The molecule has 2 N–H and O–H groups in total. The Hall–Kier alpha value is -1.66. The van der Waals surface area contributed by atoms with Crippen molar-refractivity contribution < 1.29 is 19.0 Å². The molecule has 1 aliphatic heterocycles. The van der Waals surface area contributed by atoms with Gasteiger partial charge in [0, 0.05) is 32.7 Å². The van der Waals surface area contributed by atoms with E-state index in [1.807, 2.05) is 0 Å². The van der Waals surface area contributed by atoms with Crippen molar-refractivity contribution in [3.05, 3.63) is 29.1 Å². The summed E-state index contributed by atoms with van der Waals surface area (Å²) < 4.78 is 18.2. The fraction of sp³-hybridized carbons (Fsp3) is 0.500. The van der Waals surface area contributed by atoms with Gasteiger partial charge in [0.15, 0.2) is 11.6 Å². The van der Waals surface area contributed by atoms with Crippen LogP contribution in [0.15, 0.2) is 12.1 Å². The van der Waals surface area contributed by atoms with Gasteiger partial charge in [-0.15, -0.1) is 0 Å². The van der Waals surface area contributed by atoms with Crippen molar-refractivity contribution in [3.8, 4) is 5.75 Å². The average molecular weight is 282 g/mol. The number of carbonyl (C=O) groups excluding carboxylic acids is 1. The van der Waals surface area contributed by atoms with Crippen LogP contribution in [-0.2, 0) is 11.2 Å². The minimum atomic E-state index is -0.789. The number of rotatable bonds is 4. The predicted molar refractivity (Wildman–Crippen MR) is 72.4 cm³/mol. The summed E-state index contributed by atoms with van der Waals surface area (Å²) in [5.74, 6) is -2.17. The van der Waals surface area contributed by atoms with E-state index in [9.17, 15) is 14.3 Å². The Balaban J connectivity index is 2.07. The van der Waals surface area contributed by atoms with Crippen molar-refractivity contribution >= 4 is 5.97 Å². The minimum absolute atomic E-state index is 0.122. The van der Waals surface area contributed by atoms with E-state index < -0.39 is 17.5 Å². The molecule has 2 rings (SSSR count). The number of aromatic hydroxyl groups is 1. The molecule has 5 nitrogen and oxygen atoms in total. The highest BCUT2D eigenvalue weighted by atomic mass is 19.1. The van der Waals surface area contributed by atoms with Gasteiger partial charge in [-0.05, 0) is 24.1 Å². The Morgan fingerprint density at radius 1 is 1.45 bits per heavy atom. The molecule has 1 aliphatic rings. The van der Waals surface area contributed by atoms with E-state index in [0.717, 1.165) is 32.7 Å². The Bertz CT molecular complexity index is 488. The van der Waals surface area contributed by atoms with Gasteiger partial charge in [-0.25, -0.2) is 9.18 Å². The van der Waals surface area contributed by atoms with Crippen molar-refractivity contribution in [3.63, 3.8) is 0 Å². The molecule has 0 aliphatic carbocycles. The number of nitrogens with one attached hydrogen (secondary N) is 1. The van der Waals surface area contributed by atoms with Gasteiger partial charge < -0.3 is 20.1 Å². The van der Waals surface area contributed by atoms with Crippen LogP contribution in [0.2, 0.25) is 0 Å². The molecule has 0 bridgehead atoms. The second kappa shape index (κ2) is 6.67. The van der Waals surface area contributed by atoms with Crippen LogP contribution in [-0.4, -0.2) is 55.8 Å². The maximum absolute atomic E-state index is 13.6. The van der Waals surface area contributed by atoms with Gasteiger partial charge in [0.25, 0.3) is 0 Å². The van der Waals surface area contributed by atoms with Gasteiger partial charge in [-0.1, -0.05) is 0 Å². The number of ether oxygens (including phenoxy) is 1. The summed E-state index contributed by atoms with van der Waals surface area (Å²) in [6, 6.07) is 2.76. The Morgan fingerprint density at radius 3 is 2.80 bits per heavy atom. The lowest BCUT2D eigenvalue weighted by molar-refractivity contribution is 0.0596. The van der Waals surface area contributed by atoms with Crippen molar-refractivity contribution in [2.45, 2.75) is 6.42 Å². The number of piperazine rings is 1. The number of carbonyl (C=O) groups is 1. The molecule has 0 unspecified atom stereocenters. The fourth-order valence-electron chi connectivity index (χ4n) is 2.29. The molecule has 20 heavy (non-hydrogen) atoms. The van der Waals surface area contributed by atoms with Gasteiger partial charge in [0.1, 0.15) is 5.56 Å². The Kier molecular flexibility index (Phi) is 4.92. The molecule has 0 radical (unpaired) electrons. The minimum Gasteiger partial charge on any atom is -0.504 e. The molecule has 0 saturated carbocycles. The fourth-order valence-corrected chi connectivity index (χ4v) is 2.29. The lowest BCUT2D eigenvalue weighted by atomic mass is 10.1. The van der Waals surface area contributed by atoms with Crippen LogP contribution in [0.1, 0.15) is 15.9 Å². The van der Waals surface area contributed by atoms with Crippen molar-refractivity contribution in [1.82, 2.24) is 10.2 Å². The van der Waals surface area contributed by atoms with Crippen LogP contribution < -0.4 is 5.32 Å². The van der Waals surface area contributed by atoms with Gasteiger partial charge in [0.05, 0.1) is 7.11 Å². The maximum atomic E-state index is 13.6. The first-order valence-corrected chi connectivity index (χ1v) is 6.64. The lowest BCUT2D eigenvalue weighted by Gasteiger charge is -2.27. The molecule has 0 aromatic heterocycles. The van der Waals surface area contributed by atoms with Crippen LogP contribution in [0, 0.1) is 5.82 Å². The van der Waals surface area contributed by atoms with Crippen LogP contribution in [0.3, 0.4) is 0 Å². The molecule has 1 fully saturated rings. The smallest absolute Gasteiger partial charge is 0.341 e. The third kappa shape index (κ3) is 3.46. The molecular weight excluding hydrogens is 263 g/mol. The molecule has 0 amide bonds. The first-order valence-electron chi connectivity index (χ1n) is 6.64. The molecule has 0 spiro atoms. The van der Waals surface area contributed by atoms with E-state index in [2.05, 4.69) is 15.0 Å². The second-order valence-electron chi connectivity index (χ2n) is 4.81. The van der Waals surface area contributed by atoms with Crippen molar-refractivity contribution in [1.29, 1.82) is 0 Å². The average Bonchev–Trinajstić information content (AvgIpc) is 2.48. The molecule has 0 atom stereocenters. The number of hydrogen-bond donors (Lipinski definition) is 2. The molecule has 1 aromatic carbocycles. The van der Waals surface area contributed by atoms with Crippen molar-refractivity contribution in [2.24, 2.45) is 0 Å². The van der Waals surface area contributed by atoms with E-state index in [-0.39, 0.29) is 5.56 Å². The van der Waals surface area contributed by atoms with E-state index >= 15 is 0 Å². The zero-order valence-electron chi connectivity index (χ0n) is 11.5. The van der Waals surface area contributed by atoms with Crippen LogP contribution in [0.5, 0.6) is 5.75 Å². The van der Waals surface area contributed by atoms with Gasteiger partial charge in [-0.2, -0.15) is 0 Å². The Morgan fingerprint density at radius 2 is 2.15 bits per heavy atom. The third-order valence-corrected chi connectivity index (χ3v) is 3.45. The van der Waals surface area contributed by atoms with E-state index in [1.54, 1.807) is 0 Å². The number of methoxy groups -OCH3 is 1. The molecular formula is C14H19FN2O3. The summed E-state index contributed by atoms with van der Waals surface area (Å²) in [6.45, 7) is 4.63. The molecule has 1 aromatic rings. The highest BCUT2D eigenvalue weighted by Gasteiger charge is 2.17. The second-order valence-corrected chi connectivity index (χ2v) is 4.81. The van der Waals surface area contributed by atoms with E-state index in [0.29, 0.717) is 12.0 Å². The normalized spacial score (nSPS) is 16.1. The monoisotopic (exact) mass is 282 g/mol. The van der Waals surface area contributed by atoms with Crippen LogP contribution in [0.25, 0.3) is 0 Å². The summed E-state index contributed by atoms with van der Waals surface area (Å²) in [5, 5.41) is 12.8. The third-order valence-electron chi connectivity index (χ3n) is 3.45. The largest absolute Gasteiger partial charge is 0.504 e. The zero-order chi connectivity index (χ0) is 14.5. The van der Waals surface area contributed by atoms with E-state index in [4.69, 9.17) is 0 Å². The van der Waals surface area contributed by atoms with Crippen LogP contribution in [0.4, 0.5) is 4.39 Å². The number of phenols is 1. The molecule has 6 heteroatoms. The first kappa shape index (κ1) is 14.7. The summed E-state index contributed by atoms with van der Waals surface area (Å²) in [5.41, 5.74) is 0.557. The predicted octanol–water partition coefficient (Wildman–Crippen LogP) is 0.766. The molecule has 1 heterocycles. The summed E-state index contributed by atoms with van der Waals surface area (Å²) in [4.78, 5) is 13.8. The number of esters is 1. The van der Waals surface area contributed by atoms with Gasteiger partial charge >= 0.3 is 5.97 Å². The van der Waals surface area contributed by atoms with Crippen LogP contribution >= 0.6 is 0 Å². The highest BCUT2D eigenvalue weighted by molar-refractivity contribution is 5.92. The number of nitrogens with zero attached hydrogens (tertiary/aromatic N) is 1. The standard InChI is InChI=1S/C14H19FN2O3/c1-20-14(19)11-8-10(9-12(15)13(11)18)2-5-17-6-3-16-4-7-17/h8-9,16,18H,2-7H2,1H3. The highest BCUT2D eigenvalue weighted by Crippen LogP contribution is 2.24.